The molecule has 2 aliphatic carbocycles. The van der Waals surface area contributed by atoms with Gasteiger partial charge in [-0.3, -0.25) is 0 Å². The summed E-state index contributed by atoms with van der Waals surface area (Å²) < 4.78 is 5.64. The zero-order chi connectivity index (χ0) is 14.8. The van der Waals surface area contributed by atoms with Crippen molar-refractivity contribution in [1.29, 1.82) is 0 Å². The number of rotatable bonds is 4. The van der Waals surface area contributed by atoms with Crippen LogP contribution in [0, 0.1) is 11.8 Å². The van der Waals surface area contributed by atoms with Gasteiger partial charge in [0.15, 0.2) is 5.11 Å². The summed E-state index contributed by atoms with van der Waals surface area (Å²) in [5, 5.41) is 7.51. The summed E-state index contributed by atoms with van der Waals surface area (Å²) >= 11 is 5.44. The van der Waals surface area contributed by atoms with Gasteiger partial charge in [0.2, 0.25) is 0 Å². The van der Waals surface area contributed by atoms with Crippen molar-refractivity contribution in [2.75, 3.05) is 5.32 Å². The molecule has 0 unspecified atom stereocenters. The molecule has 0 amide bonds. The van der Waals surface area contributed by atoms with Crippen LogP contribution in [0.4, 0.5) is 5.69 Å². The molecular weight excluding hydrogens is 280 g/mol. The van der Waals surface area contributed by atoms with E-state index in [-0.39, 0.29) is 6.10 Å². The molecule has 21 heavy (non-hydrogen) atoms. The fraction of sp³-hybridized carbons (Fsp3) is 0.588. The second kappa shape index (κ2) is 6.22. The van der Waals surface area contributed by atoms with Gasteiger partial charge in [-0.15, -0.1) is 0 Å². The van der Waals surface area contributed by atoms with Gasteiger partial charge in [0.25, 0.3) is 0 Å². The van der Waals surface area contributed by atoms with E-state index in [4.69, 9.17) is 17.0 Å². The summed E-state index contributed by atoms with van der Waals surface area (Å²) in [6.45, 7) is 4.06. The van der Waals surface area contributed by atoms with Crippen LogP contribution in [0.1, 0.15) is 39.5 Å². The summed E-state index contributed by atoms with van der Waals surface area (Å²) in [5.41, 5.74) is 1.01. The molecule has 1 aromatic carbocycles. The molecule has 2 aliphatic rings. The Morgan fingerprint density at radius 3 is 2.52 bits per heavy atom. The highest BCUT2D eigenvalue weighted by Crippen LogP contribution is 2.44. The van der Waals surface area contributed by atoms with E-state index in [9.17, 15) is 0 Å². The SMILES string of the molecule is CC(C)Oc1ccc(NC(=S)N[C@@H]2C[C@H]3CC[C@@H]2C3)cc1. The summed E-state index contributed by atoms with van der Waals surface area (Å²) in [4.78, 5) is 0. The largest absolute Gasteiger partial charge is 0.491 e. The maximum atomic E-state index is 5.64. The Morgan fingerprint density at radius 2 is 1.95 bits per heavy atom. The molecule has 1 aromatic rings. The van der Waals surface area contributed by atoms with Crippen LogP contribution in [0.15, 0.2) is 24.3 Å². The minimum atomic E-state index is 0.198. The average Bonchev–Trinajstić information content (AvgIpc) is 3.02. The molecular formula is C17H24N2OS. The van der Waals surface area contributed by atoms with Crippen LogP contribution in [0.2, 0.25) is 0 Å². The first-order valence-corrected chi connectivity index (χ1v) is 8.35. The second-order valence-electron chi connectivity index (χ2n) is 6.57. The molecule has 3 atom stereocenters. The van der Waals surface area contributed by atoms with Crippen molar-refractivity contribution < 1.29 is 4.74 Å². The van der Waals surface area contributed by atoms with Crippen molar-refractivity contribution in [2.24, 2.45) is 11.8 Å². The molecule has 2 bridgehead atoms. The molecule has 4 heteroatoms. The quantitative estimate of drug-likeness (QED) is 0.825. The lowest BCUT2D eigenvalue weighted by Crippen LogP contribution is -2.40. The predicted molar refractivity (Wildman–Crippen MR) is 90.8 cm³/mol. The Bertz CT molecular complexity index is 500. The van der Waals surface area contributed by atoms with E-state index in [2.05, 4.69) is 10.6 Å². The number of hydrogen-bond acceptors (Lipinski definition) is 2. The maximum Gasteiger partial charge on any atom is 0.171 e. The fourth-order valence-corrected chi connectivity index (χ4v) is 3.92. The Labute approximate surface area is 132 Å². The van der Waals surface area contributed by atoms with Gasteiger partial charge in [-0.05, 0) is 81.4 Å². The van der Waals surface area contributed by atoms with Gasteiger partial charge in [-0.2, -0.15) is 0 Å². The van der Waals surface area contributed by atoms with Gasteiger partial charge in [0, 0.05) is 11.7 Å². The number of thiocarbonyl (C=S) groups is 1. The molecule has 2 fully saturated rings. The van der Waals surface area contributed by atoms with E-state index in [0.717, 1.165) is 28.4 Å². The highest BCUT2D eigenvalue weighted by molar-refractivity contribution is 7.80. The van der Waals surface area contributed by atoms with Crippen molar-refractivity contribution in [3.8, 4) is 5.75 Å². The van der Waals surface area contributed by atoms with Gasteiger partial charge in [-0.1, -0.05) is 6.42 Å². The van der Waals surface area contributed by atoms with Crippen LogP contribution in [0.5, 0.6) is 5.75 Å². The predicted octanol–water partition coefficient (Wildman–Crippen LogP) is 3.95. The Morgan fingerprint density at radius 1 is 1.19 bits per heavy atom. The normalized spacial score (nSPS) is 26.9. The van der Waals surface area contributed by atoms with E-state index < -0.39 is 0 Å². The van der Waals surface area contributed by atoms with Crippen molar-refractivity contribution in [1.82, 2.24) is 5.32 Å². The molecule has 0 aliphatic heterocycles. The summed E-state index contributed by atoms with van der Waals surface area (Å²) in [7, 11) is 0. The first-order chi connectivity index (χ1) is 10.1. The number of anilines is 1. The van der Waals surface area contributed by atoms with E-state index in [1.807, 2.05) is 38.1 Å². The van der Waals surface area contributed by atoms with Crippen LogP contribution in [-0.2, 0) is 0 Å². The number of nitrogens with one attached hydrogen (secondary N) is 2. The van der Waals surface area contributed by atoms with Gasteiger partial charge in [0.1, 0.15) is 5.75 Å². The van der Waals surface area contributed by atoms with E-state index in [1.165, 1.54) is 25.7 Å². The third-order valence-electron chi connectivity index (χ3n) is 4.54. The van der Waals surface area contributed by atoms with Gasteiger partial charge in [0.05, 0.1) is 6.10 Å². The van der Waals surface area contributed by atoms with Crippen molar-refractivity contribution in [3.63, 3.8) is 0 Å². The summed E-state index contributed by atoms with van der Waals surface area (Å²) in [6, 6.07) is 8.54. The van der Waals surface area contributed by atoms with E-state index in [0.29, 0.717) is 6.04 Å². The third-order valence-corrected chi connectivity index (χ3v) is 4.76. The summed E-state index contributed by atoms with van der Waals surface area (Å²) in [5.74, 6) is 2.65. The minimum absolute atomic E-state index is 0.198. The number of ether oxygens (including phenoxy) is 1. The lowest BCUT2D eigenvalue weighted by molar-refractivity contribution is 0.242. The van der Waals surface area contributed by atoms with Crippen LogP contribution < -0.4 is 15.4 Å². The lowest BCUT2D eigenvalue weighted by Gasteiger charge is -2.24. The average molecular weight is 304 g/mol. The minimum Gasteiger partial charge on any atom is -0.491 e. The highest BCUT2D eigenvalue weighted by atomic mass is 32.1. The van der Waals surface area contributed by atoms with Crippen LogP contribution in [0.3, 0.4) is 0 Å². The fourth-order valence-electron chi connectivity index (χ4n) is 3.65. The van der Waals surface area contributed by atoms with Gasteiger partial charge < -0.3 is 15.4 Å². The van der Waals surface area contributed by atoms with E-state index >= 15 is 0 Å². The molecule has 2 saturated carbocycles. The topological polar surface area (TPSA) is 33.3 Å². The third kappa shape index (κ3) is 3.67. The lowest BCUT2D eigenvalue weighted by atomic mass is 9.96. The second-order valence-corrected chi connectivity index (χ2v) is 6.98. The van der Waals surface area contributed by atoms with Crippen LogP contribution in [0.25, 0.3) is 0 Å². The first-order valence-electron chi connectivity index (χ1n) is 7.94. The standard InChI is InChI=1S/C17H24N2OS/c1-11(2)20-15-7-5-14(6-8-15)18-17(21)19-16-10-12-3-4-13(16)9-12/h5-8,11-13,16H,3-4,9-10H2,1-2H3,(H2,18,19,21)/t12-,13+,16+/m0/s1. The molecule has 3 rings (SSSR count). The van der Waals surface area contributed by atoms with Crippen LogP contribution in [-0.4, -0.2) is 17.3 Å². The smallest absolute Gasteiger partial charge is 0.171 e. The first kappa shape index (κ1) is 14.6. The number of hydrogen-bond donors (Lipinski definition) is 2. The number of fused-ring (bicyclic) bond motifs is 2. The Hall–Kier alpha value is -1.29. The van der Waals surface area contributed by atoms with Gasteiger partial charge >= 0.3 is 0 Å². The molecule has 114 valence electrons. The Kier molecular flexibility index (Phi) is 4.34. The molecule has 0 aromatic heterocycles. The Balaban J connectivity index is 1.50. The maximum absolute atomic E-state index is 5.64. The zero-order valence-corrected chi connectivity index (χ0v) is 13.6. The molecule has 0 saturated heterocycles. The van der Waals surface area contributed by atoms with Crippen LogP contribution >= 0.6 is 12.2 Å². The van der Waals surface area contributed by atoms with Crippen molar-refractivity contribution >= 4 is 23.0 Å². The monoisotopic (exact) mass is 304 g/mol. The van der Waals surface area contributed by atoms with Crippen molar-refractivity contribution in [2.45, 2.75) is 51.7 Å². The van der Waals surface area contributed by atoms with E-state index in [1.54, 1.807) is 0 Å². The highest BCUT2D eigenvalue weighted by Gasteiger charge is 2.39. The number of benzene rings is 1. The summed E-state index contributed by atoms with van der Waals surface area (Å²) in [6.07, 6.45) is 5.66. The molecule has 2 N–H and O–H groups in total. The van der Waals surface area contributed by atoms with Crippen molar-refractivity contribution in [3.05, 3.63) is 24.3 Å². The molecule has 0 spiro atoms. The molecule has 3 nitrogen and oxygen atoms in total. The molecule has 0 heterocycles. The zero-order valence-electron chi connectivity index (χ0n) is 12.8. The van der Waals surface area contributed by atoms with Gasteiger partial charge in [-0.25, -0.2) is 0 Å². The molecule has 0 radical (unpaired) electrons.